The number of nitrogens with one attached hydrogen (secondary N) is 1. The van der Waals surface area contributed by atoms with Gasteiger partial charge in [-0.05, 0) is 6.07 Å². The lowest BCUT2D eigenvalue weighted by Gasteiger charge is -1.86. The zero-order valence-corrected chi connectivity index (χ0v) is 7.26. The molecule has 0 fully saturated rings. The number of hydrogen-bond acceptors (Lipinski definition) is 5. The summed E-state index contributed by atoms with van der Waals surface area (Å²) in [5.74, 6) is 0.707. The predicted molar refractivity (Wildman–Crippen MR) is 47.2 cm³/mol. The van der Waals surface area contributed by atoms with Crippen molar-refractivity contribution in [2.75, 3.05) is 12.4 Å². The van der Waals surface area contributed by atoms with Crippen LogP contribution in [0, 0.1) is 0 Å². The van der Waals surface area contributed by atoms with Gasteiger partial charge in [-0.1, -0.05) is 0 Å². The molecule has 0 unspecified atom stereocenters. The van der Waals surface area contributed by atoms with Crippen LogP contribution in [0.4, 0.5) is 5.13 Å². The second kappa shape index (κ2) is 2.94. The molecule has 0 aliphatic carbocycles. The van der Waals surface area contributed by atoms with Crippen LogP contribution < -0.4 is 5.32 Å². The summed E-state index contributed by atoms with van der Waals surface area (Å²) in [6, 6.07) is 1.83. The molecular weight excluding hydrogens is 174 g/mol. The van der Waals surface area contributed by atoms with Crippen LogP contribution in [0.25, 0.3) is 11.4 Å². The molecule has 5 heteroatoms. The molecule has 4 nitrogen and oxygen atoms in total. The average Bonchev–Trinajstić information content (AvgIpc) is 2.75. The van der Waals surface area contributed by atoms with E-state index in [1.165, 1.54) is 11.5 Å². The van der Waals surface area contributed by atoms with Crippen molar-refractivity contribution in [3.63, 3.8) is 0 Å². The molecule has 0 aliphatic rings. The van der Waals surface area contributed by atoms with Gasteiger partial charge in [0.15, 0.2) is 5.82 Å². The Labute approximate surface area is 73.4 Å². The minimum absolute atomic E-state index is 0.707. The van der Waals surface area contributed by atoms with E-state index in [9.17, 15) is 0 Å². The molecule has 0 aromatic carbocycles. The van der Waals surface area contributed by atoms with Crippen LogP contribution in [0.15, 0.2) is 23.0 Å². The maximum absolute atomic E-state index is 4.92. The Morgan fingerprint density at radius 3 is 3.08 bits per heavy atom. The fourth-order valence-corrected chi connectivity index (χ4v) is 1.37. The molecule has 2 heterocycles. The first-order valence-corrected chi connectivity index (χ1v) is 4.21. The standard InChI is InChI=1S/C7H7N3OS/c1-8-7-9-6(10-12-7)5-2-3-11-4-5/h2-4H,1H3,(H,8,9,10). The van der Waals surface area contributed by atoms with Crippen molar-refractivity contribution in [1.29, 1.82) is 0 Å². The van der Waals surface area contributed by atoms with Gasteiger partial charge in [0.25, 0.3) is 0 Å². The molecule has 0 spiro atoms. The fraction of sp³-hybridized carbons (Fsp3) is 0.143. The number of aromatic nitrogens is 2. The van der Waals surface area contributed by atoms with Gasteiger partial charge in [0.1, 0.15) is 6.26 Å². The molecule has 2 rings (SSSR count). The summed E-state index contributed by atoms with van der Waals surface area (Å²) in [6.07, 6.45) is 3.23. The van der Waals surface area contributed by atoms with Crippen molar-refractivity contribution < 1.29 is 4.42 Å². The van der Waals surface area contributed by atoms with Gasteiger partial charge in [0.2, 0.25) is 5.13 Å². The van der Waals surface area contributed by atoms with E-state index >= 15 is 0 Å². The van der Waals surface area contributed by atoms with Gasteiger partial charge in [-0.3, -0.25) is 0 Å². The van der Waals surface area contributed by atoms with E-state index in [1.54, 1.807) is 12.5 Å². The van der Waals surface area contributed by atoms with E-state index in [0.29, 0.717) is 5.82 Å². The smallest absolute Gasteiger partial charge is 0.202 e. The maximum atomic E-state index is 4.92. The van der Waals surface area contributed by atoms with Gasteiger partial charge in [0, 0.05) is 18.6 Å². The molecule has 62 valence electrons. The highest BCUT2D eigenvalue weighted by Gasteiger charge is 2.05. The number of anilines is 1. The third-order valence-corrected chi connectivity index (χ3v) is 2.15. The van der Waals surface area contributed by atoms with Crippen molar-refractivity contribution in [3.05, 3.63) is 18.6 Å². The van der Waals surface area contributed by atoms with E-state index in [2.05, 4.69) is 14.7 Å². The van der Waals surface area contributed by atoms with E-state index in [4.69, 9.17) is 4.42 Å². The highest BCUT2D eigenvalue weighted by molar-refractivity contribution is 7.09. The second-order valence-corrected chi connectivity index (χ2v) is 2.94. The van der Waals surface area contributed by atoms with Crippen LogP contribution in [0.3, 0.4) is 0 Å². The summed E-state index contributed by atoms with van der Waals surface area (Å²) < 4.78 is 9.05. The normalized spacial score (nSPS) is 10.1. The van der Waals surface area contributed by atoms with Crippen LogP contribution >= 0.6 is 11.5 Å². The van der Waals surface area contributed by atoms with Crippen LogP contribution in [-0.2, 0) is 0 Å². The quantitative estimate of drug-likeness (QED) is 0.768. The largest absolute Gasteiger partial charge is 0.472 e. The Hall–Kier alpha value is -1.36. The molecule has 0 amide bonds. The summed E-state index contributed by atoms with van der Waals surface area (Å²) in [5, 5.41) is 3.73. The molecule has 0 saturated heterocycles. The number of hydrogen-bond donors (Lipinski definition) is 1. The lowest BCUT2D eigenvalue weighted by Crippen LogP contribution is -1.85. The summed E-state index contributed by atoms with van der Waals surface area (Å²) in [7, 11) is 1.82. The van der Waals surface area contributed by atoms with E-state index < -0.39 is 0 Å². The van der Waals surface area contributed by atoms with E-state index in [1.807, 2.05) is 13.1 Å². The molecular formula is C7H7N3OS. The Morgan fingerprint density at radius 1 is 1.58 bits per heavy atom. The van der Waals surface area contributed by atoms with Crippen LogP contribution in [-0.4, -0.2) is 16.4 Å². The first kappa shape index (κ1) is 7.30. The highest BCUT2D eigenvalue weighted by atomic mass is 32.1. The van der Waals surface area contributed by atoms with Crippen molar-refractivity contribution in [2.24, 2.45) is 0 Å². The Bertz CT molecular complexity index is 354. The molecule has 0 bridgehead atoms. The first-order valence-electron chi connectivity index (χ1n) is 3.44. The van der Waals surface area contributed by atoms with Gasteiger partial charge >= 0.3 is 0 Å². The summed E-state index contributed by atoms with van der Waals surface area (Å²) in [6.45, 7) is 0. The Kier molecular flexibility index (Phi) is 1.79. The van der Waals surface area contributed by atoms with E-state index in [0.717, 1.165) is 10.7 Å². The van der Waals surface area contributed by atoms with Gasteiger partial charge in [-0.25, -0.2) is 0 Å². The average molecular weight is 181 g/mol. The number of furan rings is 1. The zero-order valence-electron chi connectivity index (χ0n) is 6.44. The van der Waals surface area contributed by atoms with Gasteiger partial charge in [-0.15, -0.1) is 0 Å². The Morgan fingerprint density at radius 2 is 2.50 bits per heavy atom. The maximum Gasteiger partial charge on any atom is 0.202 e. The van der Waals surface area contributed by atoms with Gasteiger partial charge < -0.3 is 9.73 Å². The third-order valence-electron chi connectivity index (χ3n) is 1.42. The summed E-state index contributed by atoms with van der Waals surface area (Å²) in [5.41, 5.74) is 0.910. The number of nitrogens with zero attached hydrogens (tertiary/aromatic N) is 2. The van der Waals surface area contributed by atoms with Crippen molar-refractivity contribution in [2.45, 2.75) is 0 Å². The Balaban J connectivity index is 2.35. The predicted octanol–water partition coefficient (Wildman–Crippen LogP) is 1.84. The lowest BCUT2D eigenvalue weighted by molar-refractivity contribution is 0.568. The molecule has 1 N–H and O–H groups in total. The molecule has 2 aromatic rings. The van der Waals surface area contributed by atoms with Gasteiger partial charge in [-0.2, -0.15) is 9.36 Å². The summed E-state index contributed by atoms with van der Waals surface area (Å²) in [4.78, 5) is 4.21. The minimum atomic E-state index is 0.707. The number of rotatable bonds is 2. The van der Waals surface area contributed by atoms with Crippen molar-refractivity contribution in [1.82, 2.24) is 9.36 Å². The molecule has 2 aromatic heterocycles. The highest BCUT2D eigenvalue weighted by Crippen LogP contribution is 2.20. The molecule has 0 radical (unpaired) electrons. The van der Waals surface area contributed by atoms with Crippen molar-refractivity contribution in [3.8, 4) is 11.4 Å². The lowest BCUT2D eigenvalue weighted by atomic mass is 10.3. The van der Waals surface area contributed by atoms with Crippen LogP contribution in [0.1, 0.15) is 0 Å². The zero-order chi connectivity index (χ0) is 8.39. The van der Waals surface area contributed by atoms with Crippen LogP contribution in [0.5, 0.6) is 0 Å². The molecule has 12 heavy (non-hydrogen) atoms. The van der Waals surface area contributed by atoms with Crippen molar-refractivity contribution >= 4 is 16.7 Å². The fourth-order valence-electron chi connectivity index (χ4n) is 0.834. The first-order chi connectivity index (χ1) is 5.90. The summed E-state index contributed by atoms with van der Waals surface area (Å²) >= 11 is 1.33. The SMILES string of the molecule is CNc1nc(-c2ccoc2)ns1. The minimum Gasteiger partial charge on any atom is -0.472 e. The van der Waals surface area contributed by atoms with Crippen LogP contribution in [0.2, 0.25) is 0 Å². The molecule has 0 aliphatic heterocycles. The monoisotopic (exact) mass is 181 g/mol. The second-order valence-electron chi connectivity index (χ2n) is 2.19. The molecule has 0 saturated carbocycles. The van der Waals surface area contributed by atoms with Gasteiger partial charge in [0.05, 0.1) is 11.8 Å². The third kappa shape index (κ3) is 1.18. The molecule has 0 atom stereocenters. The topological polar surface area (TPSA) is 51.0 Å². The van der Waals surface area contributed by atoms with E-state index in [-0.39, 0.29) is 0 Å².